The van der Waals surface area contributed by atoms with Crippen molar-refractivity contribution < 1.29 is 4.74 Å². The van der Waals surface area contributed by atoms with Gasteiger partial charge in [0.15, 0.2) is 0 Å². The molecule has 0 aliphatic carbocycles. The normalized spacial score (nSPS) is 20.8. The summed E-state index contributed by atoms with van der Waals surface area (Å²) in [7, 11) is 0. The van der Waals surface area contributed by atoms with Gasteiger partial charge in [0.25, 0.3) is 5.70 Å². The van der Waals surface area contributed by atoms with Crippen LogP contribution in [0.2, 0.25) is 0 Å². The first-order valence-electron chi connectivity index (χ1n) is 8.44. The van der Waals surface area contributed by atoms with Crippen molar-refractivity contribution in [1.29, 1.82) is 5.26 Å². The smallest absolute Gasteiger partial charge is 0.267 e. The Balaban J connectivity index is 1.63. The zero-order valence-corrected chi connectivity index (χ0v) is 15.8. The van der Waals surface area contributed by atoms with E-state index >= 15 is 0 Å². The van der Waals surface area contributed by atoms with Crippen molar-refractivity contribution >= 4 is 35.3 Å². The number of hydrogen-bond donors (Lipinski definition) is 0. The van der Waals surface area contributed by atoms with E-state index < -0.39 is 0 Å². The van der Waals surface area contributed by atoms with Crippen LogP contribution in [0.3, 0.4) is 0 Å². The van der Waals surface area contributed by atoms with Gasteiger partial charge in [0.1, 0.15) is 0 Å². The lowest BCUT2D eigenvalue weighted by Gasteiger charge is -2.36. The van der Waals surface area contributed by atoms with E-state index in [0.717, 1.165) is 30.2 Å². The van der Waals surface area contributed by atoms with Crippen LogP contribution in [0.25, 0.3) is 10.9 Å². The third-order valence-electron chi connectivity index (χ3n) is 4.51. The minimum absolute atomic E-state index is 0.113. The Labute approximate surface area is 162 Å². The van der Waals surface area contributed by atoms with Crippen LogP contribution in [-0.4, -0.2) is 37.8 Å². The zero-order valence-electron chi connectivity index (χ0n) is 14.2. The Morgan fingerprint density at radius 3 is 2.58 bits per heavy atom. The first-order valence-corrected chi connectivity index (χ1v) is 10.4. The minimum Gasteiger partial charge on any atom is -0.373 e. The lowest BCUT2D eigenvalue weighted by Crippen LogP contribution is -2.34. The number of benzene rings is 1. The summed E-state index contributed by atoms with van der Waals surface area (Å²) in [6.45, 7) is 10.2. The summed E-state index contributed by atoms with van der Waals surface area (Å²) in [4.78, 5) is 8.52. The van der Waals surface area contributed by atoms with Crippen molar-refractivity contribution in [2.75, 3.05) is 42.7 Å². The molecule has 3 heterocycles. The van der Waals surface area contributed by atoms with E-state index in [1.54, 1.807) is 0 Å². The molecule has 0 spiro atoms. The fourth-order valence-corrected chi connectivity index (χ4v) is 5.61. The van der Waals surface area contributed by atoms with Crippen LogP contribution in [0, 0.1) is 17.9 Å². The average Bonchev–Trinajstić information content (AvgIpc) is 2.68. The molecule has 0 aromatic heterocycles. The Morgan fingerprint density at radius 2 is 1.92 bits per heavy atom. The number of nitrogens with zero attached hydrogens (tertiary/aromatic N) is 3. The summed E-state index contributed by atoms with van der Waals surface area (Å²) >= 11 is 3.87. The lowest BCUT2D eigenvalue weighted by molar-refractivity contribution is 0.176. The molecule has 130 valence electrons. The Hall–Kier alpha value is -2.12. The van der Waals surface area contributed by atoms with E-state index in [4.69, 9.17) is 16.6 Å². The second-order valence-corrected chi connectivity index (χ2v) is 8.47. The molecule has 26 heavy (non-hydrogen) atoms. The van der Waals surface area contributed by atoms with Crippen molar-refractivity contribution in [2.45, 2.75) is 9.79 Å². The molecule has 0 saturated heterocycles. The molecule has 0 saturated carbocycles. The predicted molar refractivity (Wildman–Crippen MR) is 107 cm³/mol. The summed E-state index contributed by atoms with van der Waals surface area (Å²) in [5, 5.41) is 9.04. The number of anilines is 1. The molecule has 6 heteroatoms. The van der Waals surface area contributed by atoms with Gasteiger partial charge in [-0.1, -0.05) is 18.2 Å². The molecule has 0 unspecified atom stereocenters. The molecule has 0 radical (unpaired) electrons. The molecule has 0 amide bonds. The third kappa shape index (κ3) is 3.41. The van der Waals surface area contributed by atoms with Crippen LogP contribution in [0.1, 0.15) is 5.56 Å². The summed E-state index contributed by atoms with van der Waals surface area (Å²) in [5.74, 6) is 2.29. The Morgan fingerprint density at radius 1 is 1.19 bits per heavy atom. The highest BCUT2D eigenvalue weighted by atomic mass is 32.2. The number of nitriles is 1. The van der Waals surface area contributed by atoms with Gasteiger partial charge in [-0.05, 0) is 28.8 Å². The summed E-state index contributed by atoms with van der Waals surface area (Å²) in [6, 6.07) is 6.47. The van der Waals surface area contributed by atoms with Gasteiger partial charge in [0, 0.05) is 34.4 Å². The highest BCUT2D eigenvalue weighted by molar-refractivity contribution is 8.00. The fraction of sp³-hybridized carbons (Fsp3) is 0.300. The maximum absolute atomic E-state index is 9.04. The number of thioether (sulfide) groups is 2. The molecule has 3 aliphatic heterocycles. The van der Waals surface area contributed by atoms with E-state index in [9.17, 15) is 0 Å². The highest BCUT2D eigenvalue weighted by Gasteiger charge is 2.24. The maximum Gasteiger partial charge on any atom is 0.267 e. The Kier molecular flexibility index (Phi) is 5.08. The predicted octanol–water partition coefficient (Wildman–Crippen LogP) is 4.37. The molecule has 1 aromatic rings. The largest absolute Gasteiger partial charge is 0.373 e. The van der Waals surface area contributed by atoms with Crippen molar-refractivity contribution in [3.05, 3.63) is 58.1 Å². The topological polar surface area (TPSA) is 40.6 Å². The van der Waals surface area contributed by atoms with Crippen LogP contribution in [-0.2, 0) is 4.74 Å². The molecule has 4 nitrogen and oxygen atoms in total. The molecular formula is C20H17N3OS2. The molecule has 3 aliphatic rings. The number of allylic oxidation sites excluding steroid dienone is 1. The van der Waals surface area contributed by atoms with Gasteiger partial charge < -0.3 is 9.64 Å². The Bertz CT molecular complexity index is 871. The average molecular weight is 380 g/mol. The second-order valence-electron chi connectivity index (χ2n) is 6.19. The second kappa shape index (κ2) is 7.63. The van der Waals surface area contributed by atoms with E-state index in [1.807, 2.05) is 41.7 Å². The quantitative estimate of drug-likeness (QED) is 0.564. The monoisotopic (exact) mass is 379 g/mol. The first kappa shape index (κ1) is 17.3. The molecular weight excluding hydrogens is 362 g/mol. The van der Waals surface area contributed by atoms with E-state index in [1.165, 1.54) is 21.0 Å². The van der Waals surface area contributed by atoms with Crippen LogP contribution in [0.5, 0.6) is 0 Å². The standard InChI is InChI=1S/C20H17N3OS2/c1-22-17(11-21)16-8-15(12-24-13-16)3-2-14-9-18-20-19(10-14)26-7-5-23(20)4-6-25-18/h2-3,8-10H,4-7,12-13H2. The summed E-state index contributed by atoms with van der Waals surface area (Å²) < 4.78 is 5.54. The van der Waals surface area contributed by atoms with Crippen LogP contribution >= 0.6 is 23.5 Å². The number of ether oxygens (including phenoxy) is 1. The van der Waals surface area contributed by atoms with Crippen molar-refractivity contribution in [3.8, 4) is 6.07 Å². The number of rotatable bonds is 2. The van der Waals surface area contributed by atoms with Crippen LogP contribution < -0.4 is 4.90 Å². The molecule has 1 aromatic carbocycles. The van der Waals surface area contributed by atoms with Gasteiger partial charge in [-0.2, -0.15) is 0 Å². The molecule has 4 rings (SSSR count). The van der Waals surface area contributed by atoms with Gasteiger partial charge in [-0.3, -0.25) is 0 Å². The van der Waals surface area contributed by atoms with Gasteiger partial charge in [0.05, 0.1) is 31.5 Å². The molecule has 0 atom stereocenters. The van der Waals surface area contributed by atoms with Gasteiger partial charge in [-0.15, -0.1) is 23.5 Å². The van der Waals surface area contributed by atoms with Gasteiger partial charge in [0.2, 0.25) is 0 Å². The van der Waals surface area contributed by atoms with E-state index in [-0.39, 0.29) is 5.70 Å². The van der Waals surface area contributed by atoms with Crippen molar-refractivity contribution in [3.63, 3.8) is 0 Å². The SMILES string of the molecule is [C-]#[N+]C(C#N)=C1C=C(C=Cc2cc3c4c(c2)SCCN4CCS3)COC1. The summed E-state index contributed by atoms with van der Waals surface area (Å²) in [6.07, 6.45) is 6.04. The zero-order chi connectivity index (χ0) is 17.9. The van der Waals surface area contributed by atoms with E-state index in [2.05, 4.69) is 28.0 Å². The van der Waals surface area contributed by atoms with Crippen molar-refractivity contribution in [2.24, 2.45) is 0 Å². The fourth-order valence-electron chi connectivity index (χ4n) is 3.29. The highest BCUT2D eigenvalue weighted by Crippen LogP contribution is 2.45. The van der Waals surface area contributed by atoms with Crippen molar-refractivity contribution in [1.82, 2.24) is 0 Å². The molecule has 0 fully saturated rings. The summed E-state index contributed by atoms with van der Waals surface area (Å²) in [5.41, 5.74) is 4.36. The number of hydrogen-bond acceptors (Lipinski definition) is 5. The third-order valence-corrected chi connectivity index (χ3v) is 6.53. The lowest BCUT2D eigenvalue weighted by atomic mass is 10.1. The first-order chi connectivity index (χ1) is 12.8. The maximum atomic E-state index is 9.04. The minimum atomic E-state index is 0.113. The van der Waals surface area contributed by atoms with Gasteiger partial charge >= 0.3 is 0 Å². The van der Waals surface area contributed by atoms with Crippen LogP contribution in [0.4, 0.5) is 5.69 Å². The molecule has 0 bridgehead atoms. The van der Waals surface area contributed by atoms with Gasteiger partial charge in [-0.25, -0.2) is 10.1 Å². The van der Waals surface area contributed by atoms with Crippen LogP contribution in [0.15, 0.2) is 50.9 Å². The van der Waals surface area contributed by atoms with E-state index in [0.29, 0.717) is 18.8 Å². The molecule has 0 N–H and O–H groups in total.